The molecule has 0 radical (unpaired) electrons. The molecule has 0 aliphatic carbocycles. The van der Waals surface area contributed by atoms with Crippen LogP contribution >= 0.6 is 0 Å². The van der Waals surface area contributed by atoms with Gasteiger partial charge in [0.1, 0.15) is 0 Å². The van der Waals surface area contributed by atoms with Crippen LogP contribution in [0.5, 0.6) is 0 Å². The van der Waals surface area contributed by atoms with Crippen molar-refractivity contribution in [2.24, 2.45) is 0 Å². The fourth-order valence-electron chi connectivity index (χ4n) is 4.50. The third-order valence-electron chi connectivity index (χ3n) is 6.43. The summed E-state index contributed by atoms with van der Waals surface area (Å²) in [7, 11) is 0. The maximum Gasteiger partial charge on any atom is 0.336 e. The van der Waals surface area contributed by atoms with Crippen molar-refractivity contribution in [3.63, 3.8) is 0 Å². The molecule has 32 heavy (non-hydrogen) atoms. The Morgan fingerprint density at radius 1 is 0.594 bits per heavy atom. The van der Waals surface area contributed by atoms with Crippen LogP contribution in [0.3, 0.4) is 0 Å². The Kier molecular flexibility index (Phi) is 15.6. The lowest BCUT2D eigenvalue weighted by atomic mass is 9.89. The van der Waals surface area contributed by atoms with Crippen LogP contribution in [-0.2, 0) is 12.8 Å². The molecule has 0 heterocycles. The Labute approximate surface area is 195 Å². The van der Waals surface area contributed by atoms with Gasteiger partial charge < -0.3 is 10.2 Å². The molecule has 1 aromatic carbocycles. The van der Waals surface area contributed by atoms with E-state index in [9.17, 15) is 19.8 Å². The maximum absolute atomic E-state index is 11.9. The van der Waals surface area contributed by atoms with E-state index in [4.69, 9.17) is 0 Å². The standard InChI is InChI=1S/C28H46O4/c1-3-5-7-8-9-10-11-12-13-14-15-16-17-18-20-24-23(19-6-4-2)21-22-25(27(29)30)26(24)28(31)32/h21-22H,3-20H2,1-2H3,(H,29,30)(H,31,32). The molecule has 0 amide bonds. The molecule has 0 atom stereocenters. The fourth-order valence-corrected chi connectivity index (χ4v) is 4.50. The van der Waals surface area contributed by atoms with E-state index < -0.39 is 11.9 Å². The van der Waals surface area contributed by atoms with Crippen LogP contribution in [0.4, 0.5) is 0 Å². The summed E-state index contributed by atoms with van der Waals surface area (Å²) in [5, 5.41) is 19.1. The van der Waals surface area contributed by atoms with Crippen molar-refractivity contribution in [1.82, 2.24) is 0 Å². The van der Waals surface area contributed by atoms with Gasteiger partial charge in [-0.15, -0.1) is 0 Å². The second-order valence-electron chi connectivity index (χ2n) is 9.19. The molecule has 0 aromatic heterocycles. The lowest BCUT2D eigenvalue weighted by molar-refractivity contribution is 0.0650. The summed E-state index contributed by atoms with van der Waals surface area (Å²) in [5.41, 5.74) is 1.66. The summed E-state index contributed by atoms with van der Waals surface area (Å²) in [4.78, 5) is 23.4. The van der Waals surface area contributed by atoms with Crippen LogP contribution in [-0.4, -0.2) is 22.2 Å². The van der Waals surface area contributed by atoms with Crippen LogP contribution in [0.25, 0.3) is 0 Å². The van der Waals surface area contributed by atoms with Crippen LogP contribution in [0.1, 0.15) is 148 Å². The number of rotatable bonds is 20. The van der Waals surface area contributed by atoms with Gasteiger partial charge in [-0.1, -0.05) is 110 Å². The molecule has 0 aliphatic heterocycles. The fraction of sp³-hybridized carbons (Fsp3) is 0.714. The van der Waals surface area contributed by atoms with Gasteiger partial charge in [0.2, 0.25) is 0 Å². The van der Waals surface area contributed by atoms with E-state index in [-0.39, 0.29) is 11.1 Å². The first-order valence-electron chi connectivity index (χ1n) is 13.1. The quantitative estimate of drug-likeness (QED) is 0.197. The minimum Gasteiger partial charge on any atom is -0.478 e. The van der Waals surface area contributed by atoms with Gasteiger partial charge in [0, 0.05) is 0 Å². The number of hydrogen-bond acceptors (Lipinski definition) is 2. The lowest BCUT2D eigenvalue weighted by Gasteiger charge is -2.15. The molecule has 4 nitrogen and oxygen atoms in total. The Balaban J connectivity index is 2.36. The predicted octanol–water partition coefficient (Wildman–Crippen LogP) is 8.45. The molecule has 0 saturated heterocycles. The van der Waals surface area contributed by atoms with Gasteiger partial charge in [0.15, 0.2) is 0 Å². The van der Waals surface area contributed by atoms with Gasteiger partial charge in [-0.25, -0.2) is 9.59 Å². The lowest BCUT2D eigenvalue weighted by Crippen LogP contribution is -2.14. The molecule has 0 fully saturated rings. The number of aryl methyl sites for hydroxylation is 1. The normalized spacial score (nSPS) is 11.1. The minimum atomic E-state index is -1.16. The summed E-state index contributed by atoms with van der Waals surface area (Å²) in [6, 6.07) is 3.29. The van der Waals surface area contributed by atoms with Crippen LogP contribution in [0.2, 0.25) is 0 Å². The van der Waals surface area contributed by atoms with Gasteiger partial charge >= 0.3 is 11.9 Å². The molecule has 0 spiro atoms. The van der Waals surface area contributed by atoms with Gasteiger partial charge in [-0.05, 0) is 42.9 Å². The van der Waals surface area contributed by atoms with Crippen LogP contribution < -0.4 is 0 Å². The Morgan fingerprint density at radius 2 is 1.06 bits per heavy atom. The highest BCUT2D eigenvalue weighted by Gasteiger charge is 2.22. The highest BCUT2D eigenvalue weighted by atomic mass is 16.4. The third kappa shape index (κ3) is 11.2. The number of hydrogen-bond donors (Lipinski definition) is 2. The molecule has 1 rings (SSSR count). The minimum absolute atomic E-state index is 0.000738. The number of aromatic carboxylic acids is 2. The van der Waals surface area contributed by atoms with Gasteiger partial charge in [-0.2, -0.15) is 0 Å². The number of carboxylic acid groups (broad SMARTS) is 2. The zero-order chi connectivity index (χ0) is 23.6. The van der Waals surface area contributed by atoms with Crippen molar-refractivity contribution in [1.29, 1.82) is 0 Å². The maximum atomic E-state index is 11.9. The Bertz CT molecular complexity index is 666. The van der Waals surface area contributed by atoms with Gasteiger partial charge in [0.05, 0.1) is 11.1 Å². The highest BCUT2D eigenvalue weighted by Crippen LogP contribution is 2.24. The molecule has 0 saturated carbocycles. The second kappa shape index (κ2) is 17.7. The van der Waals surface area contributed by atoms with Crippen molar-refractivity contribution in [2.75, 3.05) is 0 Å². The van der Waals surface area contributed by atoms with E-state index in [0.29, 0.717) is 6.42 Å². The van der Waals surface area contributed by atoms with Gasteiger partial charge in [-0.3, -0.25) is 0 Å². The Morgan fingerprint density at radius 3 is 1.50 bits per heavy atom. The van der Waals surface area contributed by atoms with Crippen molar-refractivity contribution in [3.05, 3.63) is 34.4 Å². The number of benzene rings is 1. The number of unbranched alkanes of at least 4 members (excludes halogenated alkanes) is 14. The van der Waals surface area contributed by atoms with E-state index in [0.717, 1.165) is 43.2 Å². The molecule has 0 aliphatic rings. The van der Waals surface area contributed by atoms with Crippen LogP contribution in [0, 0.1) is 0 Å². The first-order chi connectivity index (χ1) is 15.5. The van der Waals surface area contributed by atoms with Crippen molar-refractivity contribution in [3.8, 4) is 0 Å². The number of carbonyl (C=O) groups is 2. The van der Waals surface area contributed by atoms with E-state index in [1.165, 1.54) is 83.1 Å². The van der Waals surface area contributed by atoms with E-state index >= 15 is 0 Å². The SMILES string of the molecule is CCCCCCCCCCCCCCCCc1c(CCCC)ccc(C(=O)O)c1C(=O)O. The molecular weight excluding hydrogens is 400 g/mol. The third-order valence-corrected chi connectivity index (χ3v) is 6.43. The summed E-state index contributed by atoms with van der Waals surface area (Å²) in [5.74, 6) is -2.28. The molecule has 0 bridgehead atoms. The first-order valence-corrected chi connectivity index (χ1v) is 13.1. The average molecular weight is 447 g/mol. The van der Waals surface area contributed by atoms with E-state index in [2.05, 4.69) is 13.8 Å². The van der Waals surface area contributed by atoms with E-state index in [1.54, 1.807) is 0 Å². The largest absolute Gasteiger partial charge is 0.478 e. The van der Waals surface area contributed by atoms with E-state index in [1.807, 2.05) is 6.07 Å². The molecule has 182 valence electrons. The summed E-state index contributed by atoms with van der Waals surface area (Å²) in [6.45, 7) is 4.37. The second-order valence-corrected chi connectivity index (χ2v) is 9.19. The van der Waals surface area contributed by atoms with Gasteiger partial charge in [0.25, 0.3) is 0 Å². The topological polar surface area (TPSA) is 74.6 Å². The Hall–Kier alpha value is -1.84. The highest BCUT2D eigenvalue weighted by molar-refractivity contribution is 6.03. The van der Waals surface area contributed by atoms with Crippen molar-refractivity contribution in [2.45, 2.75) is 129 Å². The van der Waals surface area contributed by atoms with Crippen LogP contribution in [0.15, 0.2) is 12.1 Å². The van der Waals surface area contributed by atoms with Crippen molar-refractivity contribution < 1.29 is 19.8 Å². The van der Waals surface area contributed by atoms with Crippen molar-refractivity contribution >= 4 is 11.9 Å². The molecule has 2 N–H and O–H groups in total. The number of carboxylic acids is 2. The zero-order valence-corrected chi connectivity index (χ0v) is 20.6. The summed E-state index contributed by atoms with van der Waals surface area (Å²) < 4.78 is 0. The summed E-state index contributed by atoms with van der Waals surface area (Å²) >= 11 is 0. The molecule has 4 heteroatoms. The molecular formula is C28H46O4. The molecule has 0 unspecified atom stereocenters. The predicted molar refractivity (Wildman–Crippen MR) is 133 cm³/mol. The summed E-state index contributed by atoms with van der Waals surface area (Å²) in [6.07, 6.45) is 21.4. The average Bonchev–Trinajstić information content (AvgIpc) is 2.77. The zero-order valence-electron chi connectivity index (χ0n) is 20.6. The molecule has 1 aromatic rings. The smallest absolute Gasteiger partial charge is 0.336 e. The first kappa shape index (κ1) is 28.2. The monoisotopic (exact) mass is 446 g/mol.